The van der Waals surface area contributed by atoms with Crippen LogP contribution in [0.2, 0.25) is 0 Å². The van der Waals surface area contributed by atoms with Gasteiger partial charge in [0.05, 0.1) is 0 Å². The lowest BCUT2D eigenvalue weighted by molar-refractivity contribution is 0.641. The van der Waals surface area contributed by atoms with E-state index < -0.39 is 7.50 Å². The summed E-state index contributed by atoms with van der Waals surface area (Å²) in [6.07, 6.45) is 0.691. The third kappa shape index (κ3) is 4.68. The Balaban J connectivity index is 2.54. The lowest BCUT2D eigenvalue weighted by atomic mass is 11.0. The monoisotopic (exact) mass is 112 g/mol. The summed E-state index contributed by atoms with van der Waals surface area (Å²) >= 11 is 5.08. The molecule has 0 saturated heterocycles. The van der Waals surface area contributed by atoms with Crippen molar-refractivity contribution in [2.24, 2.45) is 0 Å². The lowest BCUT2D eigenvalue weighted by Gasteiger charge is -1.86. The second kappa shape index (κ2) is 2.89. The molecule has 1 N–H and O–H groups in total. The molecular formula is C2H6ClOP. The summed E-state index contributed by atoms with van der Waals surface area (Å²) in [6.45, 7) is 1.85. The van der Waals surface area contributed by atoms with Crippen molar-refractivity contribution in [3.05, 3.63) is 0 Å². The molecule has 0 fully saturated rings. The summed E-state index contributed by atoms with van der Waals surface area (Å²) in [4.78, 5) is 8.19. The largest absolute Gasteiger partial charge is 0.359 e. The van der Waals surface area contributed by atoms with Gasteiger partial charge >= 0.3 is 0 Å². The smallest absolute Gasteiger partial charge is 0.121 e. The molecule has 0 bridgehead atoms. The first-order valence-corrected chi connectivity index (χ1v) is 3.78. The van der Waals surface area contributed by atoms with Crippen molar-refractivity contribution < 1.29 is 4.89 Å². The fraction of sp³-hybridized carbons (Fsp3) is 1.00. The molecule has 0 spiro atoms. The fourth-order valence-corrected chi connectivity index (χ4v) is 0. The SMILES string of the molecule is CCP(O)Cl. The van der Waals surface area contributed by atoms with Crippen LogP contribution in [0.1, 0.15) is 6.92 Å². The summed E-state index contributed by atoms with van der Waals surface area (Å²) < 4.78 is 0. The van der Waals surface area contributed by atoms with Crippen molar-refractivity contribution in [2.45, 2.75) is 6.92 Å². The molecule has 1 nitrogen and oxygen atoms in total. The van der Waals surface area contributed by atoms with Gasteiger partial charge in [0.15, 0.2) is 0 Å². The van der Waals surface area contributed by atoms with Gasteiger partial charge in [0.2, 0.25) is 0 Å². The Hall–Kier alpha value is 0.680. The molecule has 0 rings (SSSR count). The van der Waals surface area contributed by atoms with Gasteiger partial charge in [-0.15, -0.1) is 0 Å². The highest BCUT2D eigenvalue weighted by Crippen LogP contribution is 2.33. The van der Waals surface area contributed by atoms with E-state index in [1.54, 1.807) is 0 Å². The van der Waals surface area contributed by atoms with E-state index in [0.717, 1.165) is 0 Å². The van der Waals surface area contributed by atoms with Gasteiger partial charge in [-0.3, -0.25) is 0 Å². The van der Waals surface area contributed by atoms with Gasteiger partial charge in [-0.25, -0.2) is 0 Å². The van der Waals surface area contributed by atoms with Crippen molar-refractivity contribution in [3.8, 4) is 0 Å². The average Bonchev–Trinajstić information content (AvgIpc) is 1.38. The molecule has 0 aliphatic heterocycles. The maximum atomic E-state index is 8.19. The standard InChI is InChI=1S/C2H6ClOP/c1-2-5(3)4/h4H,2H2,1H3. The average molecular weight is 112 g/mol. The molecule has 0 saturated carbocycles. The summed E-state index contributed by atoms with van der Waals surface area (Å²) in [5.41, 5.74) is 0. The van der Waals surface area contributed by atoms with Crippen molar-refractivity contribution in [2.75, 3.05) is 6.16 Å². The summed E-state index contributed by atoms with van der Waals surface area (Å²) in [5, 5.41) is 0. The Kier molecular flexibility index (Phi) is 3.29. The molecule has 0 aliphatic rings. The Bertz CT molecular complexity index is 23.6. The Morgan fingerprint density at radius 1 is 2.00 bits per heavy atom. The van der Waals surface area contributed by atoms with Gasteiger partial charge in [-0.05, 0) is 0 Å². The molecule has 1 unspecified atom stereocenters. The highest BCUT2D eigenvalue weighted by Gasteiger charge is 1.85. The number of hydrogen-bond acceptors (Lipinski definition) is 1. The number of rotatable bonds is 1. The Morgan fingerprint density at radius 2 is 2.20 bits per heavy atom. The predicted molar refractivity (Wildman–Crippen MR) is 25.5 cm³/mol. The molecule has 0 aromatic carbocycles. The summed E-state index contributed by atoms with van der Waals surface area (Å²) in [6, 6.07) is 0. The third-order valence-electron chi connectivity index (χ3n) is 0.261. The topological polar surface area (TPSA) is 20.2 Å². The van der Waals surface area contributed by atoms with Crippen molar-refractivity contribution in [1.82, 2.24) is 0 Å². The van der Waals surface area contributed by atoms with Gasteiger partial charge < -0.3 is 4.89 Å². The maximum absolute atomic E-state index is 8.19. The van der Waals surface area contributed by atoms with Crippen molar-refractivity contribution in [1.29, 1.82) is 0 Å². The molecule has 0 aromatic heterocycles. The second-order valence-corrected chi connectivity index (χ2v) is 3.13. The Morgan fingerprint density at radius 3 is 2.20 bits per heavy atom. The van der Waals surface area contributed by atoms with Crippen LogP contribution in [0, 0.1) is 0 Å². The molecule has 5 heavy (non-hydrogen) atoms. The summed E-state index contributed by atoms with van der Waals surface area (Å²) in [5.74, 6) is 0. The van der Waals surface area contributed by atoms with Crippen LogP contribution in [0.3, 0.4) is 0 Å². The molecule has 32 valence electrons. The quantitative estimate of drug-likeness (QED) is 0.511. The molecule has 0 aromatic rings. The molecule has 0 heterocycles. The molecular weight excluding hydrogens is 106 g/mol. The van der Waals surface area contributed by atoms with Crippen LogP contribution in [-0.4, -0.2) is 11.1 Å². The number of hydrogen-bond donors (Lipinski definition) is 1. The first kappa shape index (κ1) is 5.68. The molecule has 3 heteroatoms. The lowest BCUT2D eigenvalue weighted by Crippen LogP contribution is -1.59. The van der Waals surface area contributed by atoms with Gasteiger partial charge in [-0.2, -0.15) is 0 Å². The van der Waals surface area contributed by atoms with Crippen molar-refractivity contribution >= 4 is 18.7 Å². The van der Waals surface area contributed by atoms with Crippen LogP contribution in [0.4, 0.5) is 0 Å². The summed E-state index contributed by atoms with van der Waals surface area (Å²) in [7, 11) is -1.13. The molecule has 1 atom stereocenters. The van der Waals surface area contributed by atoms with E-state index >= 15 is 0 Å². The van der Waals surface area contributed by atoms with Gasteiger partial charge in [0.1, 0.15) is 7.50 Å². The van der Waals surface area contributed by atoms with Crippen molar-refractivity contribution in [3.63, 3.8) is 0 Å². The van der Waals surface area contributed by atoms with E-state index in [4.69, 9.17) is 16.1 Å². The van der Waals surface area contributed by atoms with E-state index in [-0.39, 0.29) is 0 Å². The second-order valence-electron chi connectivity index (χ2n) is 0.653. The van der Waals surface area contributed by atoms with E-state index in [1.807, 2.05) is 6.92 Å². The molecule has 0 amide bonds. The number of halogens is 1. The fourth-order valence-electron chi connectivity index (χ4n) is 0. The van der Waals surface area contributed by atoms with E-state index in [9.17, 15) is 0 Å². The highest BCUT2D eigenvalue weighted by atomic mass is 35.7. The predicted octanol–water partition coefficient (Wildman–Crippen LogP) is 1.55. The first-order valence-electron chi connectivity index (χ1n) is 1.39. The maximum Gasteiger partial charge on any atom is 0.121 e. The first-order chi connectivity index (χ1) is 2.27. The van der Waals surface area contributed by atoms with Gasteiger partial charge in [0, 0.05) is 6.16 Å². The van der Waals surface area contributed by atoms with E-state index in [0.29, 0.717) is 6.16 Å². The minimum absolute atomic E-state index is 0.691. The van der Waals surface area contributed by atoms with Gasteiger partial charge in [-0.1, -0.05) is 18.2 Å². The van der Waals surface area contributed by atoms with Crippen LogP contribution in [0.15, 0.2) is 0 Å². The van der Waals surface area contributed by atoms with E-state index in [1.165, 1.54) is 0 Å². The van der Waals surface area contributed by atoms with Crippen LogP contribution in [0.25, 0.3) is 0 Å². The van der Waals surface area contributed by atoms with Gasteiger partial charge in [0.25, 0.3) is 0 Å². The van der Waals surface area contributed by atoms with Crippen LogP contribution >= 0.6 is 18.7 Å². The zero-order valence-electron chi connectivity index (χ0n) is 2.98. The van der Waals surface area contributed by atoms with Crippen LogP contribution in [0.5, 0.6) is 0 Å². The van der Waals surface area contributed by atoms with E-state index in [2.05, 4.69) is 0 Å². The molecule has 0 aliphatic carbocycles. The third-order valence-corrected chi connectivity index (χ3v) is 1.50. The normalized spacial score (nSPS) is 15.0. The zero-order valence-corrected chi connectivity index (χ0v) is 4.63. The minimum Gasteiger partial charge on any atom is -0.359 e. The Labute approximate surface area is 37.6 Å². The zero-order chi connectivity index (χ0) is 4.28. The van der Waals surface area contributed by atoms with Crippen LogP contribution in [-0.2, 0) is 0 Å². The molecule has 0 radical (unpaired) electrons. The minimum atomic E-state index is -1.13. The highest BCUT2D eigenvalue weighted by molar-refractivity contribution is 7.79. The van der Waals surface area contributed by atoms with Crippen LogP contribution < -0.4 is 0 Å².